The molecule has 1 saturated heterocycles. The largest absolute Gasteiger partial charge is 0.312 e. The first kappa shape index (κ1) is 11.4. The SMILES string of the molecule is CCC(CC)(CC)CNC1CSC1. The van der Waals surface area contributed by atoms with E-state index in [1.807, 2.05) is 0 Å². The number of thioether (sulfide) groups is 1. The van der Waals surface area contributed by atoms with Crippen LogP contribution < -0.4 is 5.32 Å². The molecule has 0 amide bonds. The zero-order valence-corrected chi connectivity index (χ0v) is 10.0. The summed E-state index contributed by atoms with van der Waals surface area (Å²) in [5, 5.41) is 3.69. The predicted octanol–water partition coefficient (Wildman–Crippen LogP) is 2.91. The minimum absolute atomic E-state index is 0.570. The molecule has 1 aliphatic rings. The lowest BCUT2D eigenvalue weighted by Crippen LogP contribution is -2.45. The summed E-state index contributed by atoms with van der Waals surface area (Å²) in [6.45, 7) is 8.19. The quantitative estimate of drug-likeness (QED) is 0.709. The first-order valence-electron chi connectivity index (χ1n) is 5.57. The Kier molecular flexibility index (Phi) is 4.60. The molecule has 0 aromatic heterocycles. The van der Waals surface area contributed by atoms with Gasteiger partial charge in [-0.3, -0.25) is 0 Å². The van der Waals surface area contributed by atoms with Crippen LogP contribution in [0.1, 0.15) is 40.0 Å². The first-order chi connectivity index (χ1) is 6.26. The molecular formula is C11H23NS. The molecule has 0 bridgehead atoms. The van der Waals surface area contributed by atoms with Gasteiger partial charge in [-0.1, -0.05) is 20.8 Å². The Hall–Kier alpha value is 0.310. The van der Waals surface area contributed by atoms with Gasteiger partial charge in [0.25, 0.3) is 0 Å². The van der Waals surface area contributed by atoms with E-state index in [4.69, 9.17) is 0 Å². The Morgan fingerprint density at radius 2 is 1.69 bits per heavy atom. The molecule has 78 valence electrons. The lowest BCUT2D eigenvalue weighted by molar-refractivity contribution is 0.231. The van der Waals surface area contributed by atoms with Crippen molar-refractivity contribution in [2.75, 3.05) is 18.1 Å². The molecular weight excluding hydrogens is 178 g/mol. The molecule has 0 radical (unpaired) electrons. The molecule has 1 rings (SSSR count). The summed E-state index contributed by atoms with van der Waals surface area (Å²) in [6.07, 6.45) is 3.94. The van der Waals surface area contributed by atoms with Gasteiger partial charge in [0.05, 0.1) is 0 Å². The van der Waals surface area contributed by atoms with E-state index < -0.39 is 0 Å². The van der Waals surface area contributed by atoms with Gasteiger partial charge in [0, 0.05) is 24.1 Å². The molecule has 0 saturated carbocycles. The Morgan fingerprint density at radius 1 is 1.15 bits per heavy atom. The van der Waals surface area contributed by atoms with Crippen LogP contribution in [0.15, 0.2) is 0 Å². The van der Waals surface area contributed by atoms with Gasteiger partial charge in [0.2, 0.25) is 0 Å². The van der Waals surface area contributed by atoms with E-state index in [9.17, 15) is 0 Å². The first-order valence-corrected chi connectivity index (χ1v) is 6.73. The molecule has 1 N–H and O–H groups in total. The van der Waals surface area contributed by atoms with Gasteiger partial charge < -0.3 is 5.32 Å². The zero-order valence-electron chi connectivity index (χ0n) is 9.23. The van der Waals surface area contributed by atoms with Crippen molar-refractivity contribution in [2.24, 2.45) is 5.41 Å². The van der Waals surface area contributed by atoms with Crippen LogP contribution >= 0.6 is 11.8 Å². The van der Waals surface area contributed by atoms with Gasteiger partial charge >= 0.3 is 0 Å². The molecule has 1 fully saturated rings. The second-order valence-electron chi connectivity index (χ2n) is 4.18. The van der Waals surface area contributed by atoms with Crippen LogP contribution in [0.3, 0.4) is 0 Å². The summed E-state index contributed by atoms with van der Waals surface area (Å²) in [4.78, 5) is 0. The fourth-order valence-corrected chi connectivity index (χ4v) is 2.55. The van der Waals surface area contributed by atoms with Crippen molar-refractivity contribution >= 4 is 11.8 Å². The van der Waals surface area contributed by atoms with Gasteiger partial charge in [-0.25, -0.2) is 0 Å². The second-order valence-corrected chi connectivity index (χ2v) is 5.25. The van der Waals surface area contributed by atoms with Crippen LogP contribution in [0.25, 0.3) is 0 Å². The van der Waals surface area contributed by atoms with E-state index in [1.165, 1.54) is 37.3 Å². The Labute approximate surface area is 87.1 Å². The minimum Gasteiger partial charge on any atom is -0.312 e. The second kappa shape index (κ2) is 5.26. The van der Waals surface area contributed by atoms with Crippen molar-refractivity contribution in [1.82, 2.24) is 5.32 Å². The standard InChI is InChI=1S/C11H23NS/c1-4-11(5-2,6-3)9-12-10-7-13-8-10/h10,12H,4-9H2,1-3H3. The number of nitrogens with one attached hydrogen (secondary N) is 1. The Balaban J connectivity index is 2.27. The minimum atomic E-state index is 0.570. The third kappa shape index (κ3) is 2.88. The van der Waals surface area contributed by atoms with Crippen molar-refractivity contribution < 1.29 is 0 Å². The van der Waals surface area contributed by atoms with Crippen molar-refractivity contribution in [3.05, 3.63) is 0 Å². The Bertz CT molecular complexity index is 131. The van der Waals surface area contributed by atoms with Gasteiger partial charge in [-0.15, -0.1) is 0 Å². The molecule has 1 nitrogen and oxygen atoms in total. The molecule has 0 aromatic carbocycles. The average Bonchev–Trinajstić information content (AvgIpc) is 2.11. The molecule has 1 aliphatic heterocycles. The maximum Gasteiger partial charge on any atom is 0.0249 e. The molecule has 1 heterocycles. The third-order valence-electron chi connectivity index (χ3n) is 3.65. The van der Waals surface area contributed by atoms with Crippen molar-refractivity contribution in [2.45, 2.75) is 46.1 Å². The maximum absolute atomic E-state index is 3.69. The fourth-order valence-electron chi connectivity index (χ4n) is 1.84. The van der Waals surface area contributed by atoms with Crippen LogP contribution in [0.5, 0.6) is 0 Å². The Morgan fingerprint density at radius 3 is 2.00 bits per heavy atom. The topological polar surface area (TPSA) is 12.0 Å². The fraction of sp³-hybridized carbons (Fsp3) is 1.00. The molecule has 0 aliphatic carbocycles. The van der Waals surface area contributed by atoms with E-state index in [0.29, 0.717) is 5.41 Å². The molecule has 13 heavy (non-hydrogen) atoms. The van der Waals surface area contributed by atoms with Crippen LogP contribution in [0.2, 0.25) is 0 Å². The van der Waals surface area contributed by atoms with E-state index in [1.54, 1.807) is 0 Å². The van der Waals surface area contributed by atoms with Crippen LogP contribution in [0, 0.1) is 5.41 Å². The maximum atomic E-state index is 3.69. The highest BCUT2D eigenvalue weighted by molar-refractivity contribution is 8.00. The van der Waals surface area contributed by atoms with Gasteiger partial charge in [-0.05, 0) is 24.7 Å². The van der Waals surface area contributed by atoms with E-state index in [-0.39, 0.29) is 0 Å². The van der Waals surface area contributed by atoms with Gasteiger partial charge in [0.15, 0.2) is 0 Å². The molecule has 2 heteroatoms. The normalized spacial score (nSPS) is 18.7. The summed E-state index contributed by atoms with van der Waals surface area (Å²) in [5.41, 5.74) is 0.570. The number of hydrogen-bond acceptors (Lipinski definition) is 2. The summed E-state index contributed by atoms with van der Waals surface area (Å²) in [7, 11) is 0. The summed E-state index contributed by atoms with van der Waals surface area (Å²) < 4.78 is 0. The van der Waals surface area contributed by atoms with E-state index in [2.05, 4.69) is 37.8 Å². The summed E-state index contributed by atoms with van der Waals surface area (Å²) in [5.74, 6) is 2.65. The van der Waals surface area contributed by atoms with E-state index in [0.717, 1.165) is 6.04 Å². The highest BCUT2D eigenvalue weighted by atomic mass is 32.2. The van der Waals surface area contributed by atoms with Crippen LogP contribution in [-0.2, 0) is 0 Å². The summed E-state index contributed by atoms with van der Waals surface area (Å²) in [6, 6.07) is 0.814. The smallest absolute Gasteiger partial charge is 0.0249 e. The van der Waals surface area contributed by atoms with Crippen molar-refractivity contribution in [1.29, 1.82) is 0 Å². The average molecular weight is 201 g/mol. The highest BCUT2D eigenvalue weighted by Crippen LogP contribution is 2.30. The molecule has 0 spiro atoms. The lowest BCUT2D eigenvalue weighted by Gasteiger charge is -2.35. The van der Waals surface area contributed by atoms with Crippen LogP contribution in [0.4, 0.5) is 0 Å². The lowest BCUT2D eigenvalue weighted by atomic mass is 9.79. The molecule has 0 atom stereocenters. The van der Waals surface area contributed by atoms with Crippen molar-refractivity contribution in [3.8, 4) is 0 Å². The van der Waals surface area contributed by atoms with Gasteiger partial charge in [-0.2, -0.15) is 11.8 Å². The van der Waals surface area contributed by atoms with Gasteiger partial charge in [0.1, 0.15) is 0 Å². The third-order valence-corrected chi connectivity index (χ3v) is 4.93. The molecule has 0 aromatic rings. The van der Waals surface area contributed by atoms with E-state index >= 15 is 0 Å². The molecule has 0 unspecified atom stereocenters. The number of hydrogen-bond donors (Lipinski definition) is 1. The monoisotopic (exact) mass is 201 g/mol. The zero-order chi connectivity index (χ0) is 9.73. The highest BCUT2D eigenvalue weighted by Gasteiger charge is 2.26. The number of rotatable bonds is 6. The predicted molar refractivity (Wildman–Crippen MR) is 62.4 cm³/mol. The van der Waals surface area contributed by atoms with Crippen molar-refractivity contribution in [3.63, 3.8) is 0 Å². The van der Waals surface area contributed by atoms with Crippen LogP contribution in [-0.4, -0.2) is 24.1 Å². The summed E-state index contributed by atoms with van der Waals surface area (Å²) >= 11 is 2.06.